The van der Waals surface area contributed by atoms with Crippen LogP contribution in [0.4, 0.5) is 17.2 Å². The van der Waals surface area contributed by atoms with E-state index in [1.54, 1.807) is 74.0 Å². The third-order valence-electron chi connectivity index (χ3n) is 10.3. The van der Waals surface area contributed by atoms with Crippen molar-refractivity contribution in [1.29, 1.82) is 0 Å². The summed E-state index contributed by atoms with van der Waals surface area (Å²) < 4.78 is 37.6. The van der Waals surface area contributed by atoms with E-state index in [1.807, 2.05) is 31.2 Å². The zero-order valence-electron chi connectivity index (χ0n) is 36.0. The number of nitrogens with two attached hydrogens (primary N) is 1. The summed E-state index contributed by atoms with van der Waals surface area (Å²) in [6, 6.07) is 15.4. The molecule has 0 radical (unpaired) electrons. The number of carbonyl (C=O) groups excluding carboxylic acids is 4. The number of benzene rings is 2. The van der Waals surface area contributed by atoms with E-state index in [2.05, 4.69) is 40.8 Å². The van der Waals surface area contributed by atoms with Gasteiger partial charge in [0.25, 0.3) is 5.91 Å². The van der Waals surface area contributed by atoms with Crippen LogP contribution < -0.4 is 31.1 Å². The zero-order valence-corrected chi connectivity index (χ0v) is 37.6. The highest BCUT2D eigenvalue weighted by molar-refractivity contribution is 7.92. The number of aromatic nitrogens is 4. The van der Waals surface area contributed by atoms with Crippen molar-refractivity contribution in [3.63, 3.8) is 0 Å². The number of thiazole rings is 1. The number of sulfonamides is 1. The lowest BCUT2D eigenvalue weighted by molar-refractivity contribution is -0.144. The highest BCUT2D eigenvalue weighted by atomic mass is 32.2. The van der Waals surface area contributed by atoms with Crippen LogP contribution in [0.25, 0.3) is 21.7 Å². The van der Waals surface area contributed by atoms with Gasteiger partial charge in [-0.3, -0.25) is 29.0 Å². The van der Waals surface area contributed by atoms with Crippen LogP contribution in [-0.4, -0.2) is 113 Å². The number of nitrogens with zero attached hydrogens (tertiary/aromatic N) is 4. The van der Waals surface area contributed by atoms with Crippen LogP contribution >= 0.6 is 11.3 Å². The fourth-order valence-corrected chi connectivity index (χ4v) is 8.34. The molecule has 4 amide bonds. The van der Waals surface area contributed by atoms with Gasteiger partial charge in [0.1, 0.15) is 30.9 Å². The molecule has 5 aromatic rings. The fraction of sp³-hybridized carbons (Fsp3) is 0.372. The maximum absolute atomic E-state index is 14.0. The van der Waals surface area contributed by atoms with Crippen LogP contribution in [0.15, 0.2) is 72.4 Å². The van der Waals surface area contributed by atoms with Gasteiger partial charge in [-0.25, -0.2) is 18.4 Å². The number of β-amino-alcohol motifs (C(OH)–C–C–N with tert-alkyl or cyclic N) is 1. The molecule has 21 heteroatoms. The predicted molar refractivity (Wildman–Crippen MR) is 241 cm³/mol. The molecule has 0 unspecified atom stereocenters. The lowest BCUT2D eigenvalue weighted by Crippen LogP contribution is -2.58. The number of aryl methyl sites for hydroxylation is 1. The van der Waals surface area contributed by atoms with Gasteiger partial charge in [-0.2, -0.15) is 5.10 Å². The number of amides is 4. The molecule has 1 aliphatic rings. The summed E-state index contributed by atoms with van der Waals surface area (Å²) in [4.78, 5) is 64.0. The number of carbonyl (C=O) groups is 4. The van der Waals surface area contributed by atoms with Crippen molar-refractivity contribution in [2.75, 3.05) is 42.2 Å². The van der Waals surface area contributed by atoms with Gasteiger partial charge in [0.2, 0.25) is 33.6 Å². The zero-order chi connectivity index (χ0) is 46.2. The molecule has 6 rings (SSSR count). The summed E-state index contributed by atoms with van der Waals surface area (Å²) >= 11 is 1.56. The lowest BCUT2D eigenvalue weighted by atomic mass is 9.85. The summed E-state index contributed by atoms with van der Waals surface area (Å²) in [6.07, 6.45) is 0.625. The lowest BCUT2D eigenvalue weighted by Gasteiger charge is -2.35. The Morgan fingerprint density at radius 1 is 1.02 bits per heavy atom. The first-order valence-electron chi connectivity index (χ1n) is 20.4. The van der Waals surface area contributed by atoms with Crippen molar-refractivity contribution in [1.82, 2.24) is 35.7 Å². The number of hydrogen-bond acceptors (Lipinski definition) is 14. The van der Waals surface area contributed by atoms with Crippen LogP contribution in [0.3, 0.4) is 0 Å². The molecular weight excluding hydrogens is 865 g/mol. The molecule has 4 heterocycles. The molecule has 0 bridgehead atoms. The van der Waals surface area contributed by atoms with Crippen molar-refractivity contribution in [3.8, 4) is 27.6 Å². The summed E-state index contributed by atoms with van der Waals surface area (Å²) in [6.45, 7) is 8.64. The van der Waals surface area contributed by atoms with Gasteiger partial charge < -0.3 is 41.2 Å². The summed E-state index contributed by atoms with van der Waals surface area (Å²) in [5, 5.41) is 26.3. The van der Waals surface area contributed by atoms with Crippen molar-refractivity contribution in [2.45, 2.75) is 65.8 Å². The standard InChI is InChI=1S/C43H52N10O9S2/c1-6-64(59,60)52-29-13-11-27(12-14-29)36-35(39(44)56)40(51-50-36)48-30-15-16-45-34(19-30)62-18-17-61-23-33(55)49-38(43(3,4)5)42(58)53-22-31(54)20-32(53)41(57)46-21-26-7-9-28(10-8-26)37-25(2)47-24-63-37/h7-16,19,24,31-32,38,52,54H,6,17-18,20-23H2,1-5H3,(H2,44,56)(H,46,57)(H,49,55)(H2,45,48,50,51)/t31-,32+,38-/m1/s1. The molecule has 1 saturated heterocycles. The van der Waals surface area contributed by atoms with Crippen LogP contribution in [0.5, 0.6) is 5.88 Å². The molecule has 2 aromatic carbocycles. The van der Waals surface area contributed by atoms with Crippen molar-refractivity contribution >= 4 is 62.2 Å². The SMILES string of the molecule is CCS(=O)(=O)Nc1ccc(-c2[nH]nc(Nc3ccnc(OCCOCC(=O)N[C@H](C(=O)N4C[C@H](O)C[C@H]4C(=O)NCc4ccc(-c5scnc5C)cc4)C(C)(C)C)c3)c2C(N)=O)cc1. The maximum Gasteiger partial charge on any atom is 0.254 e. The summed E-state index contributed by atoms with van der Waals surface area (Å²) in [5.41, 5.74) is 11.4. The van der Waals surface area contributed by atoms with E-state index >= 15 is 0 Å². The highest BCUT2D eigenvalue weighted by Crippen LogP contribution is 2.31. The number of H-pyrrole nitrogens is 1. The number of anilines is 3. The Balaban J connectivity index is 0.980. The minimum Gasteiger partial charge on any atom is -0.475 e. The molecule has 340 valence electrons. The number of aromatic amines is 1. The monoisotopic (exact) mass is 916 g/mol. The van der Waals surface area contributed by atoms with Crippen LogP contribution in [0.2, 0.25) is 0 Å². The average molecular weight is 917 g/mol. The van der Waals surface area contributed by atoms with Crippen LogP contribution in [-0.2, 0) is 35.7 Å². The van der Waals surface area contributed by atoms with E-state index in [1.165, 1.54) is 18.0 Å². The first-order chi connectivity index (χ1) is 30.4. The maximum atomic E-state index is 14.0. The molecule has 3 aromatic heterocycles. The van der Waals surface area contributed by atoms with Crippen LogP contribution in [0, 0.1) is 12.3 Å². The normalized spacial score (nSPS) is 15.6. The fourth-order valence-electron chi connectivity index (χ4n) is 6.89. The molecule has 0 spiro atoms. The number of aliphatic hydroxyl groups excluding tert-OH is 1. The number of pyridine rings is 1. The van der Waals surface area contributed by atoms with Crippen LogP contribution in [0.1, 0.15) is 55.7 Å². The topological polar surface area (TPSA) is 273 Å². The third kappa shape index (κ3) is 12.0. The molecule has 64 heavy (non-hydrogen) atoms. The van der Waals surface area contributed by atoms with E-state index in [0.717, 1.165) is 21.7 Å². The second-order valence-corrected chi connectivity index (χ2v) is 19.0. The molecule has 1 aliphatic heterocycles. The molecule has 1 fully saturated rings. The first-order valence-corrected chi connectivity index (χ1v) is 22.9. The number of rotatable bonds is 19. The van der Waals surface area contributed by atoms with Crippen molar-refractivity contribution < 1.29 is 42.2 Å². The molecule has 0 aliphatic carbocycles. The number of ether oxygens (including phenoxy) is 2. The number of primary amides is 1. The van der Waals surface area contributed by atoms with E-state index in [4.69, 9.17) is 15.2 Å². The van der Waals surface area contributed by atoms with Crippen molar-refractivity contribution in [2.24, 2.45) is 11.1 Å². The Bertz CT molecular complexity index is 2560. The van der Waals surface area contributed by atoms with Gasteiger partial charge in [-0.15, -0.1) is 11.3 Å². The Hall–Kier alpha value is -6.42. The predicted octanol–water partition coefficient (Wildman–Crippen LogP) is 3.71. The van der Waals surface area contributed by atoms with E-state index in [9.17, 15) is 32.7 Å². The van der Waals surface area contributed by atoms with E-state index < -0.39 is 57.3 Å². The largest absolute Gasteiger partial charge is 0.475 e. The highest BCUT2D eigenvalue weighted by Gasteiger charge is 2.44. The Labute approximate surface area is 374 Å². The third-order valence-corrected chi connectivity index (χ3v) is 12.5. The summed E-state index contributed by atoms with van der Waals surface area (Å²) in [7, 11) is -3.47. The minimum absolute atomic E-state index is 0.00719. The average Bonchev–Trinajstić information content (AvgIpc) is 4.00. The summed E-state index contributed by atoms with van der Waals surface area (Å²) in [5.74, 6) is -1.97. The van der Waals surface area contributed by atoms with Gasteiger partial charge in [-0.05, 0) is 48.6 Å². The second kappa shape index (κ2) is 20.4. The molecule has 0 saturated carbocycles. The quantitative estimate of drug-likeness (QED) is 0.0583. The minimum atomic E-state index is -3.47. The van der Waals surface area contributed by atoms with E-state index in [0.29, 0.717) is 22.6 Å². The van der Waals surface area contributed by atoms with Gasteiger partial charge in [-0.1, -0.05) is 57.2 Å². The van der Waals surface area contributed by atoms with Gasteiger partial charge >= 0.3 is 0 Å². The van der Waals surface area contributed by atoms with Gasteiger partial charge in [0, 0.05) is 48.7 Å². The van der Waals surface area contributed by atoms with E-state index in [-0.39, 0.29) is 62.3 Å². The molecule has 19 nitrogen and oxygen atoms in total. The molecule has 8 N–H and O–H groups in total. The van der Waals surface area contributed by atoms with Gasteiger partial charge in [0.15, 0.2) is 5.82 Å². The number of nitrogens with one attached hydrogen (secondary N) is 5. The Kier molecular flexibility index (Phi) is 15.0. The first kappa shape index (κ1) is 47.1. The van der Waals surface area contributed by atoms with Gasteiger partial charge in [0.05, 0.1) is 40.2 Å². The smallest absolute Gasteiger partial charge is 0.254 e. The second-order valence-electron chi connectivity index (χ2n) is 16.1. The Morgan fingerprint density at radius 3 is 2.39 bits per heavy atom. The molecule has 3 atom stereocenters. The number of likely N-dealkylation sites (tertiary alicyclic amines) is 1. The Morgan fingerprint density at radius 2 is 1.73 bits per heavy atom. The number of hydrogen-bond donors (Lipinski definition) is 7. The van der Waals surface area contributed by atoms with Crippen molar-refractivity contribution in [3.05, 3.63) is 89.2 Å². The molecular formula is C43H52N10O9S2. The number of aliphatic hydroxyl groups is 1.